The monoisotopic (exact) mass is 239 g/mol. The summed E-state index contributed by atoms with van der Waals surface area (Å²) in [4.78, 5) is 13.9. The molecule has 0 aromatic rings. The van der Waals surface area contributed by atoms with E-state index in [0.29, 0.717) is 6.04 Å². The van der Waals surface area contributed by atoms with Crippen LogP contribution >= 0.6 is 0 Å². The van der Waals surface area contributed by atoms with E-state index in [1.165, 1.54) is 45.6 Å². The second-order valence-electron chi connectivity index (χ2n) is 5.53. The minimum Gasteiger partial charge on any atom is -0.468 e. The predicted molar refractivity (Wildman–Crippen MR) is 67.8 cm³/mol. The molecule has 1 aliphatic carbocycles. The van der Waals surface area contributed by atoms with E-state index in [1.54, 1.807) is 0 Å². The summed E-state index contributed by atoms with van der Waals surface area (Å²) < 4.78 is 4.85. The SMILES string of the molecule is CCCC1CCC(N2CCC2C(=O)OC)CC1. The summed E-state index contributed by atoms with van der Waals surface area (Å²) in [5.41, 5.74) is 0. The van der Waals surface area contributed by atoms with Gasteiger partial charge in [-0.15, -0.1) is 0 Å². The molecule has 98 valence electrons. The highest BCUT2D eigenvalue weighted by Crippen LogP contribution is 2.34. The normalized spacial score (nSPS) is 34.1. The fraction of sp³-hybridized carbons (Fsp3) is 0.929. The number of methoxy groups -OCH3 is 1. The molecule has 2 fully saturated rings. The zero-order chi connectivity index (χ0) is 12.3. The van der Waals surface area contributed by atoms with Gasteiger partial charge in [0.2, 0.25) is 0 Å². The molecule has 0 radical (unpaired) electrons. The molecule has 1 saturated carbocycles. The second kappa shape index (κ2) is 5.85. The maximum atomic E-state index is 11.6. The van der Waals surface area contributed by atoms with E-state index in [-0.39, 0.29) is 12.0 Å². The van der Waals surface area contributed by atoms with E-state index in [9.17, 15) is 4.79 Å². The van der Waals surface area contributed by atoms with Gasteiger partial charge in [-0.05, 0) is 38.0 Å². The van der Waals surface area contributed by atoms with E-state index in [0.717, 1.165) is 18.9 Å². The van der Waals surface area contributed by atoms with Gasteiger partial charge in [-0.25, -0.2) is 0 Å². The highest BCUT2D eigenvalue weighted by molar-refractivity contribution is 5.76. The number of rotatable bonds is 4. The van der Waals surface area contributed by atoms with Crippen LogP contribution in [0.1, 0.15) is 51.9 Å². The Morgan fingerprint density at radius 3 is 2.41 bits per heavy atom. The first kappa shape index (κ1) is 12.9. The minimum absolute atomic E-state index is 0.0352. The lowest BCUT2D eigenvalue weighted by Crippen LogP contribution is -2.57. The van der Waals surface area contributed by atoms with Gasteiger partial charge in [-0.3, -0.25) is 9.69 Å². The van der Waals surface area contributed by atoms with Crippen molar-refractivity contribution < 1.29 is 9.53 Å². The number of hydrogen-bond donors (Lipinski definition) is 0. The smallest absolute Gasteiger partial charge is 0.323 e. The van der Waals surface area contributed by atoms with Crippen LogP contribution in [-0.4, -0.2) is 36.6 Å². The number of carbonyl (C=O) groups is 1. The van der Waals surface area contributed by atoms with Crippen LogP contribution in [-0.2, 0) is 9.53 Å². The fourth-order valence-corrected chi connectivity index (χ4v) is 3.41. The van der Waals surface area contributed by atoms with Crippen molar-refractivity contribution in [3.8, 4) is 0 Å². The summed E-state index contributed by atoms with van der Waals surface area (Å²) in [6.45, 7) is 3.36. The molecule has 17 heavy (non-hydrogen) atoms. The topological polar surface area (TPSA) is 29.5 Å². The van der Waals surface area contributed by atoms with Gasteiger partial charge in [-0.1, -0.05) is 19.8 Å². The van der Waals surface area contributed by atoms with Crippen molar-refractivity contribution in [1.82, 2.24) is 4.90 Å². The van der Waals surface area contributed by atoms with Gasteiger partial charge >= 0.3 is 5.97 Å². The van der Waals surface area contributed by atoms with Gasteiger partial charge < -0.3 is 4.74 Å². The first-order valence-corrected chi connectivity index (χ1v) is 7.09. The van der Waals surface area contributed by atoms with E-state index in [1.807, 2.05) is 0 Å². The second-order valence-corrected chi connectivity index (χ2v) is 5.53. The van der Waals surface area contributed by atoms with Crippen molar-refractivity contribution >= 4 is 5.97 Å². The van der Waals surface area contributed by atoms with E-state index < -0.39 is 0 Å². The van der Waals surface area contributed by atoms with Crippen molar-refractivity contribution in [3.63, 3.8) is 0 Å². The molecule has 3 heteroatoms. The number of ether oxygens (including phenoxy) is 1. The van der Waals surface area contributed by atoms with Gasteiger partial charge in [0, 0.05) is 12.6 Å². The van der Waals surface area contributed by atoms with Gasteiger partial charge in [0.15, 0.2) is 0 Å². The highest BCUT2D eigenvalue weighted by Gasteiger charge is 2.40. The Morgan fingerprint density at radius 2 is 1.94 bits per heavy atom. The summed E-state index contributed by atoms with van der Waals surface area (Å²) >= 11 is 0. The Balaban J connectivity index is 1.79. The van der Waals surface area contributed by atoms with Gasteiger partial charge in [0.1, 0.15) is 6.04 Å². The van der Waals surface area contributed by atoms with E-state index >= 15 is 0 Å². The number of esters is 1. The van der Waals surface area contributed by atoms with E-state index in [4.69, 9.17) is 4.74 Å². The summed E-state index contributed by atoms with van der Waals surface area (Å²) in [5.74, 6) is 0.904. The molecule has 1 unspecified atom stereocenters. The molecular weight excluding hydrogens is 214 g/mol. The third kappa shape index (κ3) is 2.82. The Hall–Kier alpha value is -0.570. The van der Waals surface area contributed by atoms with Crippen LogP contribution in [0, 0.1) is 5.92 Å². The van der Waals surface area contributed by atoms with Gasteiger partial charge in [0.25, 0.3) is 0 Å². The lowest BCUT2D eigenvalue weighted by molar-refractivity contribution is -0.154. The molecule has 0 aromatic carbocycles. The van der Waals surface area contributed by atoms with Crippen LogP contribution in [0.4, 0.5) is 0 Å². The van der Waals surface area contributed by atoms with Crippen LogP contribution in [0.15, 0.2) is 0 Å². The molecule has 0 aromatic heterocycles. The van der Waals surface area contributed by atoms with Crippen LogP contribution < -0.4 is 0 Å². The van der Waals surface area contributed by atoms with Crippen molar-refractivity contribution in [1.29, 1.82) is 0 Å². The van der Waals surface area contributed by atoms with Crippen LogP contribution in [0.25, 0.3) is 0 Å². The number of hydrogen-bond acceptors (Lipinski definition) is 3. The maximum absolute atomic E-state index is 11.6. The highest BCUT2D eigenvalue weighted by atomic mass is 16.5. The summed E-state index contributed by atoms with van der Waals surface area (Å²) in [5, 5.41) is 0. The predicted octanol–water partition coefficient (Wildman–Crippen LogP) is 2.59. The molecule has 2 rings (SSSR count). The van der Waals surface area contributed by atoms with Crippen molar-refractivity contribution in [2.45, 2.75) is 64.0 Å². The lowest BCUT2D eigenvalue weighted by atomic mass is 9.81. The average molecular weight is 239 g/mol. The molecule has 1 aliphatic heterocycles. The Labute approximate surface area is 105 Å². The molecule has 2 aliphatic rings. The molecule has 0 spiro atoms. The van der Waals surface area contributed by atoms with Crippen molar-refractivity contribution in [2.24, 2.45) is 5.92 Å². The molecule has 3 nitrogen and oxygen atoms in total. The quantitative estimate of drug-likeness (QED) is 0.706. The minimum atomic E-state index is -0.0352. The maximum Gasteiger partial charge on any atom is 0.323 e. The standard InChI is InChI=1S/C14H25NO2/c1-3-4-11-5-7-12(8-6-11)15-10-9-13(15)14(16)17-2/h11-13H,3-10H2,1-2H3. The summed E-state index contributed by atoms with van der Waals surface area (Å²) in [6.07, 6.45) is 8.93. The van der Waals surface area contributed by atoms with Crippen molar-refractivity contribution in [2.75, 3.05) is 13.7 Å². The first-order valence-electron chi connectivity index (χ1n) is 7.09. The third-order valence-corrected chi connectivity index (χ3v) is 4.52. The molecule has 1 saturated heterocycles. The molecule has 0 amide bonds. The first-order chi connectivity index (χ1) is 8.26. The summed E-state index contributed by atoms with van der Waals surface area (Å²) in [6, 6.07) is 0.702. The fourth-order valence-electron chi connectivity index (χ4n) is 3.41. The molecular formula is C14H25NO2. The van der Waals surface area contributed by atoms with E-state index in [2.05, 4.69) is 11.8 Å². The molecule has 1 heterocycles. The Morgan fingerprint density at radius 1 is 1.24 bits per heavy atom. The third-order valence-electron chi connectivity index (χ3n) is 4.52. The molecule has 0 bridgehead atoms. The number of carbonyl (C=O) groups excluding carboxylic acids is 1. The lowest BCUT2D eigenvalue weighted by Gasteiger charge is -2.46. The molecule has 0 N–H and O–H groups in total. The summed E-state index contributed by atoms with van der Waals surface area (Å²) in [7, 11) is 1.50. The van der Waals surface area contributed by atoms with Gasteiger partial charge in [-0.2, -0.15) is 0 Å². The van der Waals surface area contributed by atoms with Crippen LogP contribution in [0.2, 0.25) is 0 Å². The Kier molecular flexibility index (Phi) is 4.43. The molecule has 1 atom stereocenters. The van der Waals surface area contributed by atoms with Crippen LogP contribution in [0.5, 0.6) is 0 Å². The Bertz CT molecular complexity index is 259. The zero-order valence-electron chi connectivity index (χ0n) is 11.2. The average Bonchev–Trinajstić information content (AvgIpc) is 2.30. The van der Waals surface area contributed by atoms with Crippen molar-refractivity contribution in [3.05, 3.63) is 0 Å². The zero-order valence-corrected chi connectivity index (χ0v) is 11.2. The number of nitrogens with zero attached hydrogens (tertiary/aromatic N) is 1. The van der Waals surface area contributed by atoms with Crippen LogP contribution in [0.3, 0.4) is 0 Å². The van der Waals surface area contributed by atoms with Gasteiger partial charge in [0.05, 0.1) is 7.11 Å². The number of likely N-dealkylation sites (tertiary alicyclic amines) is 1. The largest absolute Gasteiger partial charge is 0.468 e.